The van der Waals surface area contributed by atoms with Gasteiger partial charge in [-0.3, -0.25) is 4.79 Å². The third-order valence-corrected chi connectivity index (χ3v) is 4.62. The number of thiophene rings is 1. The first-order chi connectivity index (χ1) is 9.56. The van der Waals surface area contributed by atoms with Gasteiger partial charge in [0, 0.05) is 29.3 Å². The van der Waals surface area contributed by atoms with Crippen LogP contribution in [0.3, 0.4) is 0 Å². The fourth-order valence-corrected chi connectivity index (χ4v) is 2.99. The fraction of sp³-hybridized carbons (Fsp3) is 0.312. The molecule has 20 heavy (non-hydrogen) atoms. The summed E-state index contributed by atoms with van der Waals surface area (Å²) in [6, 6.07) is 12.1. The molecule has 1 unspecified atom stereocenters. The Balaban J connectivity index is 1.92. The standard InChI is InChI=1S/C16H19NOS2/c1-12(10-15-4-3-9-20-15)17(2)16(18)11-13-5-7-14(19)8-6-13/h3-9,12,19H,10-11H2,1-2H3. The van der Waals surface area contributed by atoms with Crippen LogP contribution < -0.4 is 0 Å². The highest BCUT2D eigenvalue weighted by atomic mass is 32.1. The zero-order valence-electron chi connectivity index (χ0n) is 11.7. The van der Waals surface area contributed by atoms with E-state index in [1.807, 2.05) is 42.3 Å². The van der Waals surface area contributed by atoms with Gasteiger partial charge < -0.3 is 4.90 Å². The summed E-state index contributed by atoms with van der Waals surface area (Å²) >= 11 is 5.99. The van der Waals surface area contributed by atoms with Gasteiger partial charge in [-0.15, -0.1) is 24.0 Å². The maximum Gasteiger partial charge on any atom is 0.226 e. The zero-order valence-corrected chi connectivity index (χ0v) is 13.5. The molecule has 1 aromatic carbocycles. The second-order valence-corrected chi connectivity index (χ2v) is 6.53. The van der Waals surface area contributed by atoms with Gasteiger partial charge in [0.1, 0.15) is 0 Å². The smallest absolute Gasteiger partial charge is 0.226 e. The Morgan fingerprint density at radius 2 is 2.00 bits per heavy atom. The van der Waals surface area contributed by atoms with Crippen molar-refractivity contribution in [3.05, 3.63) is 52.2 Å². The van der Waals surface area contributed by atoms with Crippen molar-refractivity contribution in [2.24, 2.45) is 0 Å². The summed E-state index contributed by atoms with van der Waals surface area (Å²) in [4.78, 5) is 16.4. The van der Waals surface area contributed by atoms with Crippen LogP contribution in [0.4, 0.5) is 0 Å². The van der Waals surface area contributed by atoms with Crippen molar-refractivity contribution in [3.63, 3.8) is 0 Å². The highest BCUT2D eigenvalue weighted by molar-refractivity contribution is 7.80. The van der Waals surface area contributed by atoms with E-state index in [9.17, 15) is 4.79 Å². The predicted octanol–water partition coefficient (Wildman–Crippen LogP) is 3.67. The second-order valence-electron chi connectivity index (χ2n) is 4.98. The summed E-state index contributed by atoms with van der Waals surface area (Å²) in [6.07, 6.45) is 1.36. The summed E-state index contributed by atoms with van der Waals surface area (Å²) in [5, 5.41) is 2.07. The van der Waals surface area contributed by atoms with Crippen LogP contribution in [0.2, 0.25) is 0 Å². The number of amides is 1. The van der Waals surface area contributed by atoms with Gasteiger partial charge in [-0.05, 0) is 36.1 Å². The Hall–Kier alpha value is -1.26. The minimum Gasteiger partial charge on any atom is -0.342 e. The number of thiol groups is 1. The Kier molecular flexibility index (Phi) is 5.26. The molecule has 0 bridgehead atoms. The topological polar surface area (TPSA) is 20.3 Å². The van der Waals surface area contributed by atoms with Crippen LogP contribution in [-0.2, 0) is 17.6 Å². The van der Waals surface area contributed by atoms with Gasteiger partial charge >= 0.3 is 0 Å². The lowest BCUT2D eigenvalue weighted by Gasteiger charge is -2.24. The van der Waals surface area contributed by atoms with E-state index in [1.165, 1.54) is 4.88 Å². The third-order valence-electron chi connectivity index (χ3n) is 3.42. The largest absolute Gasteiger partial charge is 0.342 e. The van der Waals surface area contributed by atoms with E-state index in [-0.39, 0.29) is 11.9 Å². The van der Waals surface area contributed by atoms with Crippen LogP contribution in [0.1, 0.15) is 17.4 Å². The zero-order chi connectivity index (χ0) is 14.5. The van der Waals surface area contributed by atoms with E-state index in [4.69, 9.17) is 0 Å². The van der Waals surface area contributed by atoms with E-state index >= 15 is 0 Å². The van der Waals surface area contributed by atoms with Crippen molar-refractivity contribution in [1.82, 2.24) is 4.90 Å². The molecular formula is C16H19NOS2. The monoisotopic (exact) mass is 305 g/mol. The normalized spacial score (nSPS) is 12.2. The minimum absolute atomic E-state index is 0.154. The molecule has 0 N–H and O–H groups in total. The first-order valence-electron chi connectivity index (χ1n) is 6.62. The molecule has 2 rings (SSSR count). The molecular weight excluding hydrogens is 286 g/mol. The molecule has 1 heterocycles. The lowest BCUT2D eigenvalue weighted by Crippen LogP contribution is -2.37. The summed E-state index contributed by atoms with van der Waals surface area (Å²) in [6.45, 7) is 2.09. The highest BCUT2D eigenvalue weighted by Gasteiger charge is 2.16. The van der Waals surface area contributed by atoms with Crippen LogP contribution in [0.15, 0.2) is 46.7 Å². The molecule has 2 nitrogen and oxygen atoms in total. The maximum atomic E-state index is 12.3. The van der Waals surface area contributed by atoms with Crippen LogP contribution in [-0.4, -0.2) is 23.9 Å². The molecule has 0 saturated heterocycles. The lowest BCUT2D eigenvalue weighted by molar-refractivity contribution is -0.130. The first-order valence-corrected chi connectivity index (χ1v) is 7.95. The first kappa shape index (κ1) is 15.1. The number of benzene rings is 1. The SMILES string of the molecule is CC(Cc1cccs1)N(C)C(=O)Cc1ccc(S)cc1. The van der Waals surface area contributed by atoms with Crippen LogP contribution in [0.25, 0.3) is 0 Å². The molecule has 0 fully saturated rings. The average Bonchev–Trinajstić information content (AvgIpc) is 2.93. The third kappa shape index (κ3) is 4.12. The van der Waals surface area contributed by atoms with Gasteiger partial charge in [-0.2, -0.15) is 0 Å². The van der Waals surface area contributed by atoms with E-state index in [2.05, 4.69) is 31.0 Å². The summed E-state index contributed by atoms with van der Waals surface area (Å²) in [7, 11) is 1.88. The molecule has 0 aliphatic rings. The maximum absolute atomic E-state index is 12.3. The van der Waals surface area contributed by atoms with Crippen molar-refractivity contribution in [2.45, 2.75) is 30.7 Å². The van der Waals surface area contributed by atoms with Crippen molar-refractivity contribution in [3.8, 4) is 0 Å². The fourth-order valence-electron chi connectivity index (χ4n) is 2.02. The molecule has 106 valence electrons. The molecule has 4 heteroatoms. The molecule has 1 atom stereocenters. The Bertz CT molecular complexity index is 548. The molecule has 1 amide bonds. The quantitative estimate of drug-likeness (QED) is 0.836. The average molecular weight is 305 g/mol. The molecule has 0 radical (unpaired) electrons. The number of hydrogen-bond donors (Lipinski definition) is 1. The van der Waals surface area contributed by atoms with Gasteiger partial charge in [-0.1, -0.05) is 18.2 Å². The molecule has 0 spiro atoms. The van der Waals surface area contributed by atoms with Gasteiger partial charge in [0.05, 0.1) is 6.42 Å². The number of nitrogens with zero attached hydrogens (tertiary/aromatic N) is 1. The number of rotatable bonds is 5. The molecule has 0 aliphatic carbocycles. The number of likely N-dealkylation sites (N-methyl/N-ethyl adjacent to an activating group) is 1. The second kappa shape index (κ2) is 6.95. The van der Waals surface area contributed by atoms with Gasteiger partial charge in [-0.25, -0.2) is 0 Å². The molecule has 1 aromatic heterocycles. The number of carbonyl (C=O) groups is 1. The van der Waals surface area contributed by atoms with Crippen molar-refractivity contribution in [2.75, 3.05) is 7.05 Å². The highest BCUT2D eigenvalue weighted by Crippen LogP contribution is 2.15. The van der Waals surface area contributed by atoms with E-state index in [1.54, 1.807) is 11.3 Å². The predicted molar refractivity (Wildman–Crippen MR) is 87.7 cm³/mol. The molecule has 0 saturated carbocycles. The van der Waals surface area contributed by atoms with Crippen molar-refractivity contribution in [1.29, 1.82) is 0 Å². The van der Waals surface area contributed by atoms with Gasteiger partial charge in [0.2, 0.25) is 5.91 Å². The molecule has 2 aromatic rings. The summed E-state index contributed by atoms with van der Waals surface area (Å²) < 4.78 is 0. The number of hydrogen-bond acceptors (Lipinski definition) is 3. The van der Waals surface area contributed by atoms with Gasteiger partial charge in [0.15, 0.2) is 0 Å². The van der Waals surface area contributed by atoms with Crippen LogP contribution in [0, 0.1) is 0 Å². The van der Waals surface area contributed by atoms with Gasteiger partial charge in [0.25, 0.3) is 0 Å². The summed E-state index contributed by atoms with van der Waals surface area (Å²) in [5.74, 6) is 0.154. The van der Waals surface area contributed by atoms with Crippen molar-refractivity contribution < 1.29 is 4.79 Å². The van der Waals surface area contributed by atoms with E-state index in [0.29, 0.717) is 6.42 Å². The minimum atomic E-state index is 0.154. The van der Waals surface area contributed by atoms with E-state index in [0.717, 1.165) is 16.9 Å². The van der Waals surface area contributed by atoms with E-state index < -0.39 is 0 Å². The Morgan fingerprint density at radius 1 is 1.30 bits per heavy atom. The van der Waals surface area contributed by atoms with Crippen molar-refractivity contribution >= 4 is 29.9 Å². The number of carbonyl (C=O) groups excluding carboxylic acids is 1. The van der Waals surface area contributed by atoms with Crippen LogP contribution >= 0.6 is 24.0 Å². The summed E-state index contributed by atoms with van der Waals surface area (Å²) in [5.41, 5.74) is 1.03. The Morgan fingerprint density at radius 3 is 2.60 bits per heavy atom. The Labute approximate surface area is 129 Å². The molecule has 0 aliphatic heterocycles. The van der Waals surface area contributed by atoms with Crippen LogP contribution in [0.5, 0.6) is 0 Å². The lowest BCUT2D eigenvalue weighted by atomic mass is 10.1.